The summed E-state index contributed by atoms with van der Waals surface area (Å²) in [6.45, 7) is 6.74. The van der Waals surface area contributed by atoms with E-state index >= 15 is 0 Å². The van der Waals surface area contributed by atoms with Gasteiger partial charge in [0, 0.05) is 26.6 Å². The summed E-state index contributed by atoms with van der Waals surface area (Å²) in [7, 11) is 0. The molecular weight excluding hydrogens is 567 g/mol. The number of aryl methyl sites for hydroxylation is 2. The summed E-state index contributed by atoms with van der Waals surface area (Å²) < 4.78 is 0. The van der Waals surface area contributed by atoms with Crippen molar-refractivity contribution < 1.29 is 20.4 Å². The second kappa shape index (κ2) is 23.8. The van der Waals surface area contributed by atoms with Crippen molar-refractivity contribution in [3.63, 3.8) is 0 Å². The minimum Gasteiger partial charge on any atom is -0.255 e. The van der Waals surface area contributed by atoms with Gasteiger partial charge in [0.15, 0.2) is 0 Å². The zero-order chi connectivity index (χ0) is 27.1. The van der Waals surface area contributed by atoms with Crippen LogP contribution in [0.4, 0.5) is 11.4 Å². The maximum Gasteiger partial charge on any atom is 0.0665 e. The molecule has 0 N–H and O–H groups in total. The first-order valence-corrected chi connectivity index (χ1v) is 15.4. The molecule has 2 aromatic rings. The third kappa shape index (κ3) is 15.9. The van der Waals surface area contributed by atoms with Crippen LogP contribution in [0.1, 0.15) is 115 Å². The van der Waals surface area contributed by atoms with Gasteiger partial charge in [0.05, 0.1) is 17.1 Å². The normalized spacial score (nSPS) is 12.1. The van der Waals surface area contributed by atoms with Gasteiger partial charge in [-0.05, 0) is 87.5 Å². The Morgan fingerprint density at radius 1 is 0.590 bits per heavy atom. The van der Waals surface area contributed by atoms with E-state index in [1.807, 2.05) is 6.21 Å². The van der Waals surface area contributed by atoms with Gasteiger partial charge in [-0.15, -0.1) is 0 Å². The van der Waals surface area contributed by atoms with E-state index in [0.717, 1.165) is 74.9 Å². The molecule has 0 aliphatic rings. The van der Waals surface area contributed by atoms with Crippen molar-refractivity contribution in [3.05, 3.63) is 84.0 Å². The van der Waals surface area contributed by atoms with Gasteiger partial charge in [-0.2, -0.15) is 0 Å². The summed E-state index contributed by atoms with van der Waals surface area (Å²) in [5, 5.41) is 0. The molecule has 0 radical (unpaired) electrons. The van der Waals surface area contributed by atoms with Crippen LogP contribution in [0.15, 0.2) is 82.8 Å². The van der Waals surface area contributed by atoms with E-state index in [9.17, 15) is 0 Å². The number of benzene rings is 2. The molecular formula is C36H52N2Pd. The maximum atomic E-state index is 5.13. The molecule has 0 heterocycles. The number of nitrogens with zero attached hydrogens (tertiary/aromatic N) is 2. The van der Waals surface area contributed by atoms with Crippen LogP contribution in [0, 0.1) is 0 Å². The standard InChI is InChI=1S/C36H52N2.Pd/c1-4-7-10-12-14-16-18-24-32-26-20-22-29-35(32)37-31-34(28-9-6-3)38-36-30-23-21-27-33(36)25-19-17-15-13-11-8-5-2;/h12-15,20-23,26-27,29-31H,4-11,16-19,24-25,28H2,1-3H3;/b14-12+,15-13+,37-31+,38-34-;. The van der Waals surface area contributed by atoms with Gasteiger partial charge >= 0.3 is 0 Å². The van der Waals surface area contributed by atoms with Crippen LogP contribution in [-0.4, -0.2) is 11.9 Å². The summed E-state index contributed by atoms with van der Waals surface area (Å²) in [5.74, 6) is 0. The Morgan fingerprint density at radius 3 is 1.59 bits per heavy atom. The number of rotatable bonds is 20. The average Bonchev–Trinajstić information content (AvgIpc) is 2.94. The van der Waals surface area contributed by atoms with Gasteiger partial charge in [-0.25, -0.2) is 0 Å². The summed E-state index contributed by atoms with van der Waals surface area (Å²) in [6.07, 6.45) is 28.9. The molecule has 39 heavy (non-hydrogen) atoms. The second-order valence-corrected chi connectivity index (χ2v) is 10.2. The minimum atomic E-state index is 0. The van der Waals surface area contributed by atoms with E-state index in [0.29, 0.717) is 0 Å². The molecule has 0 aromatic heterocycles. The van der Waals surface area contributed by atoms with E-state index in [1.165, 1.54) is 49.7 Å². The van der Waals surface area contributed by atoms with E-state index in [4.69, 9.17) is 9.98 Å². The SMILES string of the molecule is CCCC/C=C/CCCc1ccccc1/N=C(\C=N\c1ccccc1CCC/C=C/CCCC)CCCC.[Pd]. The topological polar surface area (TPSA) is 24.7 Å². The van der Waals surface area contributed by atoms with E-state index < -0.39 is 0 Å². The number of allylic oxidation sites excluding steroid dienone is 4. The fourth-order valence-electron chi connectivity index (χ4n) is 4.42. The van der Waals surface area contributed by atoms with Crippen molar-refractivity contribution in [3.8, 4) is 0 Å². The predicted octanol–water partition coefficient (Wildman–Crippen LogP) is 11.5. The molecule has 216 valence electrons. The Bertz CT molecular complexity index is 1000. The number of unbranched alkanes of at least 4 members (excludes halogenated alkanes) is 7. The van der Waals surface area contributed by atoms with Crippen LogP contribution in [0.3, 0.4) is 0 Å². The molecule has 2 aromatic carbocycles. The molecule has 0 unspecified atom stereocenters. The van der Waals surface area contributed by atoms with Gasteiger partial charge in [0.1, 0.15) is 0 Å². The molecule has 0 fully saturated rings. The molecule has 0 spiro atoms. The number of hydrogen-bond donors (Lipinski definition) is 0. The van der Waals surface area contributed by atoms with Gasteiger partial charge < -0.3 is 0 Å². The quantitative estimate of drug-likeness (QED) is 0.0610. The van der Waals surface area contributed by atoms with Crippen LogP contribution in [0.2, 0.25) is 0 Å². The number of aliphatic imine (C=N–C) groups is 2. The molecule has 0 aliphatic heterocycles. The molecule has 0 aliphatic carbocycles. The first-order chi connectivity index (χ1) is 18.8. The van der Waals surface area contributed by atoms with Crippen LogP contribution in [0.25, 0.3) is 0 Å². The predicted molar refractivity (Wildman–Crippen MR) is 171 cm³/mol. The van der Waals surface area contributed by atoms with E-state index in [1.54, 1.807) is 0 Å². The third-order valence-corrected chi connectivity index (χ3v) is 6.80. The Balaban J connectivity index is 0.00000760. The average molecular weight is 619 g/mol. The molecule has 2 rings (SSSR count). The fraction of sp³-hybridized carbons (Fsp3) is 0.500. The molecule has 0 amide bonds. The Labute approximate surface area is 253 Å². The molecule has 0 bridgehead atoms. The summed E-state index contributed by atoms with van der Waals surface area (Å²) in [6, 6.07) is 17.2. The monoisotopic (exact) mass is 618 g/mol. The van der Waals surface area contributed by atoms with Crippen molar-refractivity contribution in [2.45, 2.75) is 117 Å². The summed E-state index contributed by atoms with van der Waals surface area (Å²) >= 11 is 0. The van der Waals surface area contributed by atoms with E-state index in [2.05, 4.69) is 93.6 Å². The van der Waals surface area contributed by atoms with Crippen LogP contribution < -0.4 is 0 Å². The molecule has 0 saturated heterocycles. The molecule has 3 heteroatoms. The van der Waals surface area contributed by atoms with Gasteiger partial charge in [0.25, 0.3) is 0 Å². The summed E-state index contributed by atoms with van der Waals surface area (Å²) in [5.41, 5.74) is 5.92. The zero-order valence-corrected chi connectivity index (χ0v) is 26.4. The first-order valence-electron chi connectivity index (χ1n) is 15.4. The third-order valence-electron chi connectivity index (χ3n) is 6.80. The molecule has 2 nitrogen and oxygen atoms in total. The van der Waals surface area contributed by atoms with Gasteiger partial charge in [-0.1, -0.05) is 114 Å². The van der Waals surface area contributed by atoms with Crippen LogP contribution in [0.5, 0.6) is 0 Å². The molecule has 0 saturated carbocycles. The molecule has 0 atom stereocenters. The number of para-hydroxylation sites is 2. The smallest absolute Gasteiger partial charge is 0.0665 e. The van der Waals surface area contributed by atoms with Gasteiger partial charge in [0.2, 0.25) is 0 Å². The first kappa shape index (κ1) is 34.9. The largest absolute Gasteiger partial charge is 0.255 e. The van der Waals surface area contributed by atoms with E-state index in [-0.39, 0.29) is 20.4 Å². The van der Waals surface area contributed by atoms with Crippen molar-refractivity contribution >= 4 is 23.3 Å². The van der Waals surface area contributed by atoms with Crippen molar-refractivity contribution in [1.82, 2.24) is 0 Å². The Morgan fingerprint density at radius 2 is 1.05 bits per heavy atom. The zero-order valence-electron chi connectivity index (χ0n) is 24.8. The second-order valence-electron chi connectivity index (χ2n) is 10.2. The van der Waals surface area contributed by atoms with Crippen molar-refractivity contribution in [2.75, 3.05) is 0 Å². The van der Waals surface area contributed by atoms with Crippen LogP contribution in [-0.2, 0) is 33.3 Å². The maximum absolute atomic E-state index is 5.13. The Kier molecular flexibility index (Phi) is 21.3. The fourth-order valence-corrected chi connectivity index (χ4v) is 4.42. The van der Waals surface area contributed by atoms with Crippen LogP contribution >= 0.6 is 0 Å². The van der Waals surface area contributed by atoms with Crippen molar-refractivity contribution in [2.24, 2.45) is 9.98 Å². The summed E-state index contributed by atoms with van der Waals surface area (Å²) in [4.78, 5) is 10.1. The minimum absolute atomic E-state index is 0. The Hall–Kier alpha value is -2.08. The number of hydrogen-bond acceptors (Lipinski definition) is 2. The van der Waals surface area contributed by atoms with Crippen molar-refractivity contribution in [1.29, 1.82) is 0 Å². The van der Waals surface area contributed by atoms with Gasteiger partial charge in [-0.3, -0.25) is 9.98 Å².